The minimum Gasteiger partial charge on any atom is -0.298 e. The number of halogens is 1. The number of rotatable bonds is 3. The molecule has 6 heteroatoms. The van der Waals surface area contributed by atoms with Gasteiger partial charge in [0.25, 0.3) is 10.0 Å². The van der Waals surface area contributed by atoms with Gasteiger partial charge >= 0.3 is 0 Å². The smallest absolute Gasteiger partial charge is 0.264 e. The van der Waals surface area contributed by atoms with Crippen LogP contribution in [0.2, 0.25) is 0 Å². The normalized spacial score (nSPS) is 14.5. The third kappa shape index (κ3) is 2.50. The molecule has 0 spiro atoms. The summed E-state index contributed by atoms with van der Waals surface area (Å²) in [7, 11) is -3.72. The number of anilines is 1. The first-order valence-corrected chi connectivity index (χ1v) is 8.33. The molecule has 0 aliphatic carbocycles. The van der Waals surface area contributed by atoms with Crippen molar-refractivity contribution in [1.82, 2.24) is 0 Å². The van der Waals surface area contributed by atoms with Crippen LogP contribution in [0.1, 0.15) is 22.3 Å². The predicted octanol–water partition coefficient (Wildman–Crippen LogP) is 2.78. The average molecular weight is 319 g/mol. The number of benzene rings is 2. The molecule has 0 saturated heterocycles. The first kappa shape index (κ1) is 14.7. The molecule has 0 atom stereocenters. The maximum atomic E-state index is 13.3. The highest BCUT2D eigenvalue weighted by Crippen LogP contribution is 2.32. The van der Waals surface area contributed by atoms with Crippen molar-refractivity contribution in [1.29, 1.82) is 0 Å². The summed E-state index contributed by atoms with van der Waals surface area (Å²) in [6.07, 6.45) is 1.96. The van der Waals surface area contributed by atoms with Crippen molar-refractivity contribution in [3.63, 3.8) is 0 Å². The lowest BCUT2D eigenvalue weighted by molar-refractivity contribution is 0.112. The fourth-order valence-electron chi connectivity index (χ4n) is 2.63. The van der Waals surface area contributed by atoms with Gasteiger partial charge < -0.3 is 0 Å². The Balaban J connectivity index is 2.05. The number of carbonyl (C=O) groups is 1. The lowest BCUT2D eigenvalue weighted by Gasteiger charge is -2.30. The Hall–Kier alpha value is -2.21. The van der Waals surface area contributed by atoms with Crippen LogP contribution in [0.4, 0.5) is 10.1 Å². The third-order valence-electron chi connectivity index (χ3n) is 3.72. The molecule has 4 nitrogen and oxygen atoms in total. The number of aryl methyl sites for hydroxylation is 1. The van der Waals surface area contributed by atoms with E-state index in [0.29, 0.717) is 42.5 Å². The van der Waals surface area contributed by atoms with Gasteiger partial charge in [-0.2, -0.15) is 0 Å². The molecule has 0 N–H and O–H groups in total. The van der Waals surface area contributed by atoms with E-state index in [4.69, 9.17) is 0 Å². The van der Waals surface area contributed by atoms with Crippen molar-refractivity contribution < 1.29 is 17.6 Å². The lowest BCUT2D eigenvalue weighted by atomic mass is 10.0. The summed E-state index contributed by atoms with van der Waals surface area (Å²) in [5, 5.41) is 0. The molecule has 3 rings (SSSR count). The minimum atomic E-state index is -3.72. The highest BCUT2D eigenvalue weighted by Gasteiger charge is 2.29. The summed E-state index contributed by atoms with van der Waals surface area (Å²) in [6.45, 7) is 0.358. The molecular weight excluding hydrogens is 305 g/mol. The number of aldehydes is 1. The molecule has 1 aliphatic rings. The molecule has 114 valence electrons. The molecule has 2 aromatic carbocycles. The summed E-state index contributed by atoms with van der Waals surface area (Å²) in [5.74, 6) is -0.367. The molecule has 2 aromatic rings. The van der Waals surface area contributed by atoms with Gasteiger partial charge in [-0.05, 0) is 48.7 Å². The standard InChI is InChI=1S/C16H14FNO3S/c17-14-5-8-16-13(10-14)2-1-9-18(16)22(20,21)15-6-3-12(11-19)4-7-15/h3-8,10-11H,1-2,9H2. The monoisotopic (exact) mass is 319 g/mol. The van der Waals surface area contributed by atoms with Gasteiger partial charge in [-0.25, -0.2) is 12.8 Å². The Morgan fingerprint density at radius 3 is 2.50 bits per heavy atom. The highest BCUT2D eigenvalue weighted by atomic mass is 32.2. The van der Waals surface area contributed by atoms with Gasteiger partial charge in [0.1, 0.15) is 12.1 Å². The molecule has 0 radical (unpaired) electrons. The van der Waals surface area contributed by atoms with Gasteiger partial charge in [0.15, 0.2) is 0 Å². The van der Waals surface area contributed by atoms with Crippen LogP contribution in [-0.4, -0.2) is 21.2 Å². The van der Waals surface area contributed by atoms with Crippen LogP contribution < -0.4 is 4.31 Å². The molecular formula is C16H14FNO3S. The zero-order valence-corrected chi connectivity index (χ0v) is 12.5. The van der Waals surface area contributed by atoms with Crippen LogP contribution in [0.3, 0.4) is 0 Å². The molecule has 1 aliphatic heterocycles. The van der Waals surface area contributed by atoms with E-state index < -0.39 is 10.0 Å². The summed E-state index contributed by atoms with van der Waals surface area (Å²) < 4.78 is 40.2. The maximum absolute atomic E-state index is 13.3. The number of carbonyl (C=O) groups excluding carboxylic acids is 1. The van der Waals surface area contributed by atoms with Crippen LogP contribution in [0.15, 0.2) is 47.4 Å². The molecule has 0 amide bonds. The SMILES string of the molecule is O=Cc1ccc(S(=O)(=O)N2CCCc3cc(F)ccc32)cc1. The van der Waals surface area contributed by atoms with Crippen molar-refractivity contribution in [3.05, 3.63) is 59.4 Å². The maximum Gasteiger partial charge on any atom is 0.264 e. The van der Waals surface area contributed by atoms with Crippen molar-refractivity contribution in [3.8, 4) is 0 Å². The van der Waals surface area contributed by atoms with Crippen molar-refractivity contribution >= 4 is 22.0 Å². The van der Waals surface area contributed by atoms with Crippen molar-refractivity contribution in [2.75, 3.05) is 10.8 Å². The molecule has 0 aromatic heterocycles. The van der Waals surface area contributed by atoms with Crippen LogP contribution in [0, 0.1) is 5.82 Å². The first-order chi connectivity index (χ1) is 10.5. The molecule has 0 saturated carbocycles. The largest absolute Gasteiger partial charge is 0.298 e. The van der Waals surface area contributed by atoms with E-state index in [1.165, 1.54) is 46.8 Å². The van der Waals surface area contributed by atoms with Crippen LogP contribution in [0.5, 0.6) is 0 Å². The zero-order valence-electron chi connectivity index (χ0n) is 11.7. The molecule has 0 unspecified atom stereocenters. The lowest BCUT2D eigenvalue weighted by Crippen LogP contribution is -2.35. The summed E-state index contributed by atoms with van der Waals surface area (Å²) in [4.78, 5) is 10.8. The van der Waals surface area contributed by atoms with Crippen LogP contribution in [0.25, 0.3) is 0 Å². The summed E-state index contributed by atoms with van der Waals surface area (Å²) in [5.41, 5.74) is 1.63. The fraction of sp³-hybridized carbons (Fsp3) is 0.188. The zero-order chi connectivity index (χ0) is 15.7. The van der Waals surface area contributed by atoms with E-state index in [1.54, 1.807) is 0 Å². The summed E-state index contributed by atoms with van der Waals surface area (Å²) in [6, 6.07) is 9.91. The van der Waals surface area contributed by atoms with Crippen LogP contribution in [-0.2, 0) is 16.4 Å². The number of nitrogens with zero attached hydrogens (tertiary/aromatic N) is 1. The van der Waals surface area contributed by atoms with E-state index in [9.17, 15) is 17.6 Å². The third-order valence-corrected chi connectivity index (χ3v) is 5.55. The fourth-order valence-corrected chi connectivity index (χ4v) is 4.17. The molecule has 22 heavy (non-hydrogen) atoms. The second-order valence-electron chi connectivity index (χ2n) is 5.14. The molecule has 0 bridgehead atoms. The highest BCUT2D eigenvalue weighted by molar-refractivity contribution is 7.92. The molecule has 0 fully saturated rings. The van der Waals surface area contributed by atoms with E-state index in [-0.39, 0.29) is 10.7 Å². The Kier molecular flexibility index (Phi) is 3.70. The Bertz CT molecular complexity index is 816. The minimum absolute atomic E-state index is 0.121. The van der Waals surface area contributed by atoms with Gasteiger partial charge in [-0.3, -0.25) is 9.10 Å². The number of sulfonamides is 1. The first-order valence-electron chi connectivity index (χ1n) is 6.89. The number of hydrogen-bond acceptors (Lipinski definition) is 3. The number of hydrogen-bond donors (Lipinski definition) is 0. The van der Waals surface area contributed by atoms with Gasteiger partial charge in [-0.1, -0.05) is 12.1 Å². The van der Waals surface area contributed by atoms with Crippen molar-refractivity contribution in [2.45, 2.75) is 17.7 Å². The van der Waals surface area contributed by atoms with Gasteiger partial charge in [0.2, 0.25) is 0 Å². The van der Waals surface area contributed by atoms with Gasteiger partial charge in [0, 0.05) is 12.1 Å². The van der Waals surface area contributed by atoms with Crippen LogP contribution >= 0.6 is 0 Å². The van der Waals surface area contributed by atoms with E-state index in [0.717, 1.165) is 0 Å². The Labute approximate surface area is 128 Å². The Morgan fingerprint density at radius 2 is 1.82 bits per heavy atom. The topological polar surface area (TPSA) is 54.5 Å². The van der Waals surface area contributed by atoms with E-state index >= 15 is 0 Å². The van der Waals surface area contributed by atoms with Gasteiger partial charge in [-0.15, -0.1) is 0 Å². The van der Waals surface area contributed by atoms with Crippen molar-refractivity contribution in [2.24, 2.45) is 0 Å². The quantitative estimate of drug-likeness (QED) is 0.818. The van der Waals surface area contributed by atoms with Gasteiger partial charge in [0.05, 0.1) is 10.6 Å². The second kappa shape index (κ2) is 5.53. The van der Waals surface area contributed by atoms with E-state index in [2.05, 4.69) is 0 Å². The number of fused-ring (bicyclic) bond motifs is 1. The summed E-state index contributed by atoms with van der Waals surface area (Å²) >= 11 is 0. The molecule has 1 heterocycles. The Morgan fingerprint density at radius 1 is 1.09 bits per heavy atom. The van der Waals surface area contributed by atoms with E-state index in [1.807, 2.05) is 0 Å². The predicted molar refractivity (Wildman–Crippen MR) is 81.1 cm³/mol. The average Bonchev–Trinajstić information content (AvgIpc) is 2.54. The second-order valence-corrected chi connectivity index (χ2v) is 7.00.